The second-order valence-electron chi connectivity index (χ2n) is 6.08. The molecule has 0 aromatic rings. The van der Waals surface area contributed by atoms with Crippen LogP contribution in [0.5, 0.6) is 0 Å². The average molecular weight is 251 g/mol. The van der Waals surface area contributed by atoms with Gasteiger partial charge in [0.2, 0.25) is 11.8 Å². The smallest absolute Gasteiger partial charge is 0.230 e. The van der Waals surface area contributed by atoms with Crippen molar-refractivity contribution >= 4 is 11.8 Å². The standard InChI is InChI=1S/C15H25NO2/c1-3-9-15(4-2)10-12(17)16-14(18)13(15)11-7-5-6-8-11/h11,13H,3-10H2,1-2H3,(H,16,17,18). The Kier molecular flexibility index (Phi) is 4.08. The molecule has 0 bridgehead atoms. The average Bonchev–Trinajstić information content (AvgIpc) is 2.81. The minimum atomic E-state index is -0.0663. The molecule has 102 valence electrons. The summed E-state index contributed by atoms with van der Waals surface area (Å²) in [5.41, 5.74) is -0.0663. The van der Waals surface area contributed by atoms with Gasteiger partial charge in [0, 0.05) is 12.3 Å². The van der Waals surface area contributed by atoms with Crippen molar-refractivity contribution in [3.63, 3.8) is 0 Å². The highest BCUT2D eigenvalue weighted by molar-refractivity contribution is 5.99. The number of carbonyl (C=O) groups is 2. The van der Waals surface area contributed by atoms with Crippen molar-refractivity contribution in [1.29, 1.82) is 0 Å². The Morgan fingerprint density at radius 1 is 1.22 bits per heavy atom. The third kappa shape index (κ3) is 2.32. The van der Waals surface area contributed by atoms with Gasteiger partial charge in [0.15, 0.2) is 0 Å². The molecule has 2 rings (SSSR count). The maximum absolute atomic E-state index is 12.3. The Morgan fingerprint density at radius 2 is 1.89 bits per heavy atom. The molecule has 3 nitrogen and oxygen atoms in total. The molecule has 2 atom stereocenters. The summed E-state index contributed by atoms with van der Waals surface area (Å²) in [4.78, 5) is 24.1. The van der Waals surface area contributed by atoms with E-state index in [1.807, 2.05) is 0 Å². The van der Waals surface area contributed by atoms with E-state index in [0.29, 0.717) is 12.3 Å². The minimum absolute atomic E-state index is 0.00782. The molecule has 2 fully saturated rings. The highest BCUT2D eigenvalue weighted by Gasteiger charge is 2.50. The Balaban J connectivity index is 2.29. The predicted octanol–water partition coefficient (Wildman–Crippen LogP) is 3.04. The molecule has 3 heteroatoms. The third-order valence-electron chi connectivity index (χ3n) is 5.04. The van der Waals surface area contributed by atoms with Crippen LogP contribution < -0.4 is 5.32 Å². The van der Waals surface area contributed by atoms with Gasteiger partial charge in [-0.3, -0.25) is 14.9 Å². The van der Waals surface area contributed by atoms with E-state index in [9.17, 15) is 9.59 Å². The molecular formula is C15H25NO2. The molecule has 1 saturated heterocycles. The van der Waals surface area contributed by atoms with Gasteiger partial charge in [0.1, 0.15) is 0 Å². The number of rotatable bonds is 4. The first-order chi connectivity index (χ1) is 8.63. The van der Waals surface area contributed by atoms with Crippen molar-refractivity contribution < 1.29 is 9.59 Å². The monoisotopic (exact) mass is 251 g/mol. The molecular weight excluding hydrogens is 226 g/mol. The fourth-order valence-corrected chi connectivity index (χ4v) is 4.24. The summed E-state index contributed by atoms with van der Waals surface area (Å²) >= 11 is 0. The fourth-order valence-electron chi connectivity index (χ4n) is 4.24. The summed E-state index contributed by atoms with van der Waals surface area (Å²) in [6, 6.07) is 0. The Hall–Kier alpha value is -0.860. The van der Waals surface area contributed by atoms with Crippen LogP contribution in [0.25, 0.3) is 0 Å². The van der Waals surface area contributed by atoms with Crippen LogP contribution in [0.3, 0.4) is 0 Å². The summed E-state index contributed by atoms with van der Waals surface area (Å²) < 4.78 is 0. The highest BCUT2D eigenvalue weighted by atomic mass is 16.2. The van der Waals surface area contributed by atoms with E-state index >= 15 is 0 Å². The van der Waals surface area contributed by atoms with E-state index in [2.05, 4.69) is 19.2 Å². The number of carbonyl (C=O) groups excluding carboxylic acids is 2. The molecule has 0 spiro atoms. The maximum atomic E-state index is 12.3. The zero-order chi connectivity index (χ0) is 13.2. The summed E-state index contributed by atoms with van der Waals surface area (Å²) in [7, 11) is 0. The van der Waals surface area contributed by atoms with E-state index in [-0.39, 0.29) is 23.1 Å². The van der Waals surface area contributed by atoms with Crippen LogP contribution in [0.1, 0.15) is 65.2 Å². The molecule has 1 N–H and O–H groups in total. The van der Waals surface area contributed by atoms with Gasteiger partial charge in [-0.25, -0.2) is 0 Å². The van der Waals surface area contributed by atoms with Gasteiger partial charge in [0.25, 0.3) is 0 Å². The number of hydrogen-bond donors (Lipinski definition) is 1. The number of piperidine rings is 1. The number of hydrogen-bond acceptors (Lipinski definition) is 2. The van der Waals surface area contributed by atoms with E-state index in [1.54, 1.807) is 0 Å². The maximum Gasteiger partial charge on any atom is 0.230 e. The first kappa shape index (κ1) is 13.6. The molecule has 1 aliphatic carbocycles. The third-order valence-corrected chi connectivity index (χ3v) is 5.04. The molecule has 1 saturated carbocycles. The van der Waals surface area contributed by atoms with Crippen LogP contribution in [0.4, 0.5) is 0 Å². The lowest BCUT2D eigenvalue weighted by Crippen LogP contribution is -2.54. The highest BCUT2D eigenvalue weighted by Crippen LogP contribution is 2.49. The van der Waals surface area contributed by atoms with Crippen molar-refractivity contribution in [2.24, 2.45) is 17.3 Å². The molecule has 0 radical (unpaired) electrons. The quantitative estimate of drug-likeness (QED) is 0.781. The molecule has 0 aromatic carbocycles. The molecule has 2 unspecified atom stereocenters. The largest absolute Gasteiger partial charge is 0.296 e. The van der Waals surface area contributed by atoms with Crippen LogP contribution in [0.2, 0.25) is 0 Å². The second kappa shape index (κ2) is 5.41. The molecule has 2 aliphatic rings. The summed E-state index contributed by atoms with van der Waals surface area (Å²) in [5, 5.41) is 2.58. The lowest BCUT2D eigenvalue weighted by atomic mass is 9.61. The molecule has 1 aliphatic heterocycles. The van der Waals surface area contributed by atoms with Crippen LogP contribution in [0, 0.1) is 17.3 Å². The van der Waals surface area contributed by atoms with Gasteiger partial charge in [0.05, 0.1) is 0 Å². The van der Waals surface area contributed by atoms with Gasteiger partial charge in [-0.1, -0.05) is 33.1 Å². The van der Waals surface area contributed by atoms with E-state index in [4.69, 9.17) is 0 Å². The second-order valence-corrected chi connectivity index (χ2v) is 6.08. The SMILES string of the molecule is CCCC1(CC)CC(=O)NC(=O)C1C1CCCC1. The molecule has 0 aromatic heterocycles. The molecule has 2 amide bonds. The Labute approximate surface area is 110 Å². The van der Waals surface area contributed by atoms with Crippen molar-refractivity contribution in [2.75, 3.05) is 0 Å². The van der Waals surface area contributed by atoms with Gasteiger partial charge < -0.3 is 0 Å². The van der Waals surface area contributed by atoms with Crippen LogP contribution in [-0.4, -0.2) is 11.8 Å². The van der Waals surface area contributed by atoms with Crippen LogP contribution >= 0.6 is 0 Å². The fraction of sp³-hybridized carbons (Fsp3) is 0.867. The van der Waals surface area contributed by atoms with E-state index in [1.165, 1.54) is 12.8 Å². The topological polar surface area (TPSA) is 46.2 Å². The van der Waals surface area contributed by atoms with Gasteiger partial charge in [-0.15, -0.1) is 0 Å². The van der Waals surface area contributed by atoms with Crippen molar-refractivity contribution in [3.8, 4) is 0 Å². The Morgan fingerprint density at radius 3 is 2.44 bits per heavy atom. The van der Waals surface area contributed by atoms with E-state index in [0.717, 1.165) is 32.1 Å². The molecule has 18 heavy (non-hydrogen) atoms. The van der Waals surface area contributed by atoms with Crippen molar-refractivity contribution in [1.82, 2.24) is 5.32 Å². The normalized spacial score (nSPS) is 33.8. The number of amides is 2. The van der Waals surface area contributed by atoms with Gasteiger partial charge in [-0.05, 0) is 37.0 Å². The number of nitrogens with one attached hydrogen (secondary N) is 1. The van der Waals surface area contributed by atoms with Gasteiger partial charge in [-0.2, -0.15) is 0 Å². The molecule has 1 heterocycles. The van der Waals surface area contributed by atoms with Crippen molar-refractivity contribution in [2.45, 2.75) is 65.2 Å². The zero-order valence-corrected chi connectivity index (χ0v) is 11.6. The van der Waals surface area contributed by atoms with Crippen LogP contribution in [0.15, 0.2) is 0 Å². The lowest BCUT2D eigenvalue weighted by Gasteiger charge is -2.45. The van der Waals surface area contributed by atoms with E-state index < -0.39 is 0 Å². The minimum Gasteiger partial charge on any atom is -0.296 e. The predicted molar refractivity (Wildman–Crippen MR) is 70.8 cm³/mol. The number of imide groups is 1. The van der Waals surface area contributed by atoms with Crippen LogP contribution in [-0.2, 0) is 9.59 Å². The van der Waals surface area contributed by atoms with Crippen molar-refractivity contribution in [3.05, 3.63) is 0 Å². The van der Waals surface area contributed by atoms with Gasteiger partial charge >= 0.3 is 0 Å². The first-order valence-corrected chi connectivity index (χ1v) is 7.46. The summed E-state index contributed by atoms with van der Waals surface area (Å²) in [5.74, 6) is 0.519. The summed E-state index contributed by atoms with van der Waals surface area (Å²) in [6.45, 7) is 4.30. The first-order valence-electron chi connectivity index (χ1n) is 7.46. The zero-order valence-electron chi connectivity index (χ0n) is 11.6. The summed E-state index contributed by atoms with van der Waals surface area (Å²) in [6.07, 6.45) is 8.37. The Bertz CT molecular complexity index is 333. The lowest BCUT2D eigenvalue weighted by molar-refractivity contribution is -0.147.